The summed E-state index contributed by atoms with van der Waals surface area (Å²) in [5.41, 5.74) is 2.95. The second kappa shape index (κ2) is 4.21. The van der Waals surface area contributed by atoms with Crippen LogP contribution < -0.4 is 5.48 Å². The van der Waals surface area contributed by atoms with Gasteiger partial charge in [-0.2, -0.15) is 5.48 Å². The normalized spacial score (nSPS) is 14.0. The molecule has 0 spiro atoms. The Kier molecular flexibility index (Phi) is 3.42. The molecular weight excluding hydrogens is 205 g/mol. The van der Waals surface area contributed by atoms with Crippen molar-refractivity contribution in [3.63, 3.8) is 0 Å². The molecule has 1 aromatic carbocycles. The zero-order valence-corrected chi connectivity index (χ0v) is 8.48. The summed E-state index contributed by atoms with van der Waals surface area (Å²) in [5, 5.41) is 8.64. The van der Waals surface area contributed by atoms with E-state index in [0.29, 0.717) is 5.56 Å². The molecule has 0 heterocycles. The van der Waals surface area contributed by atoms with Crippen LogP contribution in [0.4, 0.5) is 0 Å². The van der Waals surface area contributed by atoms with E-state index in [1.807, 2.05) is 6.92 Å². The Bertz CT molecular complexity index is 345. The van der Waals surface area contributed by atoms with Crippen molar-refractivity contribution in [1.82, 2.24) is 5.48 Å². The highest BCUT2D eigenvalue weighted by Crippen LogP contribution is 2.49. The van der Waals surface area contributed by atoms with Gasteiger partial charge < -0.3 is 15.0 Å². The summed E-state index contributed by atoms with van der Waals surface area (Å²) in [6.45, 7) is 1.86. The van der Waals surface area contributed by atoms with Crippen molar-refractivity contribution in [2.24, 2.45) is 0 Å². The third kappa shape index (κ3) is 2.64. The van der Waals surface area contributed by atoms with Crippen LogP contribution in [-0.2, 0) is 4.57 Å². The van der Waals surface area contributed by atoms with Gasteiger partial charge in [0.2, 0.25) is 0 Å². The Labute approximate surface area is 81.5 Å². The lowest BCUT2D eigenvalue weighted by molar-refractivity contribution is 0.142. The number of benzene rings is 1. The minimum atomic E-state index is -4.37. The van der Waals surface area contributed by atoms with Crippen molar-refractivity contribution >= 4 is 7.60 Å². The van der Waals surface area contributed by atoms with Gasteiger partial charge in [-0.3, -0.25) is 4.57 Å². The molecule has 4 N–H and O–H groups in total. The van der Waals surface area contributed by atoms with Crippen LogP contribution in [0.5, 0.6) is 0 Å². The molecule has 1 aromatic rings. The molecule has 0 aliphatic carbocycles. The van der Waals surface area contributed by atoms with Crippen LogP contribution >= 0.6 is 7.60 Å². The number of nitrogens with one attached hydrogen (secondary N) is 1. The van der Waals surface area contributed by atoms with Crippen LogP contribution in [-0.4, -0.2) is 15.0 Å². The SMILES string of the molecule is Cc1ccc(C(NO)P(=O)(O)O)cc1. The van der Waals surface area contributed by atoms with E-state index in [0.717, 1.165) is 5.56 Å². The van der Waals surface area contributed by atoms with Crippen LogP contribution in [0.1, 0.15) is 16.9 Å². The summed E-state index contributed by atoms with van der Waals surface area (Å²) >= 11 is 0. The molecule has 5 nitrogen and oxygen atoms in total. The van der Waals surface area contributed by atoms with Gasteiger partial charge in [-0.25, -0.2) is 0 Å². The van der Waals surface area contributed by atoms with Crippen LogP contribution in [0.2, 0.25) is 0 Å². The monoisotopic (exact) mass is 217 g/mol. The molecule has 0 fully saturated rings. The first-order valence-electron chi connectivity index (χ1n) is 3.96. The molecule has 0 radical (unpaired) electrons. The van der Waals surface area contributed by atoms with E-state index in [1.54, 1.807) is 29.7 Å². The molecule has 0 bridgehead atoms. The van der Waals surface area contributed by atoms with Crippen LogP contribution in [0.15, 0.2) is 24.3 Å². The standard InChI is InChI=1S/C8H12NO4P/c1-6-2-4-7(5-3-6)8(9-10)14(11,12)13/h2-5,8-10H,1H3,(H2,11,12,13). The molecule has 78 valence electrons. The number of hydrogen-bond acceptors (Lipinski definition) is 3. The Hall–Kier alpha value is -0.710. The molecule has 6 heteroatoms. The molecule has 0 aliphatic rings. The van der Waals surface area contributed by atoms with Gasteiger partial charge in [-0.1, -0.05) is 29.8 Å². The van der Waals surface area contributed by atoms with Gasteiger partial charge in [0, 0.05) is 0 Å². The quantitative estimate of drug-likeness (QED) is 0.450. The highest BCUT2D eigenvalue weighted by Gasteiger charge is 2.29. The van der Waals surface area contributed by atoms with E-state index in [4.69, 9.17) is 15.0 Å². The highest BCUT2D eigenvalue weighted by atomic mass is 31.2. The maximum atomic E-state index is 10.9. The lowest BCUT2D eigenvalue weighted by atomic mass is 10.1. The Balaban J connectivity index is 3.02. The predicted molar refractivity (Wildman–Crippen MR) is 50.9 cm³/mol. The van der Waals surface area contributed by atoms with E-state index in [1.165, 1.54) is 0 Å². The zero-order valence-electron chi connectivity index (χ0n) is 7.58. The third-order valence-electron chi connectivity index (χ3n) is 1.85. The fourth-order valence-corrected chi connectivity index (χ4v) is 1.80. The first-order chi connectivity index (χ1) is 6.45. The Morgan fingerprint density at radius 3 is 2.14 bits per heavy atom. The van der Waals surface area contributed by atoms with Crippen molar-refractivity contribution < 1.29 is 19.6 Å². The Morgan fingerprint density at radius 2 is 1.79 bits per heavy atom. The van der Waals surface area contributed by atoms with Crippen LogP contribution in [0.25, 0.3) is 0 Å². The summed E-state index contributed by atoms with van der Waals surface area (Å²) in [6, 6.07) is 6.55. The average molecular weight is 217 g/mol. The van der Waals surface area contributed by atoms with Gasteiger partial charge in [0.1, 0.15) is 0 Å². The Morgan fingerprint density at radius 1 is 1.29 bits per heavy atom. The van der Waals surface area contributed by atoms with E-state index in [9.17, 15) is 4.57 Å². The van der Waals surface area contributed by atoms with Crippen molar-refractivity contribution in [2.75, 3.05) is 0 Å². The minimum Gasteiger partial charge on any atom is -0.323 e. The zero-order chi connectivity index (χ0) is 10.8. The van der Waals surface area contributed by atoms with E-state index in [2.05, 4.69) is 0 Å². The molecule has 0 saturated heterocycles. The first kappa shape index (κ1) is 11.4. The second-order valence-corrected chi connectivity index (χ2v) is 4.73. The lowest BCUT2D eigenvalue weighted by Gasteiger charge is -2.16. The fraction of sp³-hybridized carbons (Fsp3) is 0.250. The fourth-order valence-electron chi connectivity index (χ4n) is 1.09. The molecule has 0 saturated carbocycles. The minimum absolute atomic E-state index is 0.353. The molecular formula is C8H12NO4P. The lowest BCUT2D eigenvalue weighted by Crippen LogP contribution is -2.17. The van der Waals surface area contributed by atoms with Crippen molar-refractivity contribution in [3.05, 3.63) is 35.4 Å². The highest BCUT2D eigenvalue weighted by molar-refractivity contribution is 7.52. The maximum Gasteiger partial charge on any atom is 0.349 e. The number of rotatable bonds is 3. The summed E-state index contributed by atoms with van der Waals surface area (Å²) in [4.78, 5) is 17.8. The smallest absolute Gasteiger partial charge is 0.323 e. The summed E-state index contributed by atoms with van der Waals surface area (Å²) in [7, 11) is -4.37. The summed E-state index contributed by atoms with van der Waals surface area (Å²) < 4.78 is 10.9. The molecule has 0 amide bonds. The molecule has 1 unspecified atom stereocenters. The second-order valence-electron chi connectivity index (χ2n) is 3.03. The molecule has 14 heavy (non-hydrogen) atoms. The van der Waals surface area contributed by atoms with E-state index in [-0.39, 0.29) is 0 Å². The predicted octanol–water partition coefficient (Wildman–Crippen LogP) is 1.15. The number of hydrogen-bond donors (Lipinski definition) is 4. The first-order valence-corrected chi connectivity index (χ1v) is 5.64. The van der Waals surface area contributed by atoms with Gasteiger partial charge in [0.15, 0.2) is 5.78 Å². The largest absolute Gasteiger partial charge is 0.349 e. The van der Waals surface area contributed by atoms with Gasteiger partial charge >= 0.3 is 7.60 Å². The van der Waals surface area contributed by atoms with Gasteiger partial charge in [0.25, 0.3) is 0 Å². The summed E-state index contributed by atoms with van der Waals surface area (Å²) in [5.74, 6) is -1.36. The number of hydroxylamine groups is 1. The average Bonchev–Trinajstić information content (AvgIpc) is 2.07. The van der Waals surface area contributed by atoms with E-state index < -0.39 is 13.4 Å². The van der Waals surface area contributed by atoms with Gasteiger partial charge in [0.05, 0.1) is 0 Å². The van der Waals surface area contributed by atoms with Gasteiger partial charge in [-0.05, 0) is 12.5 Å². The van der Waals surface area contributed by atoms with Crippen molar-refractivity contribution in [3.8, 4) is 0 Å². The van der Waals surface area contributed by atoms with Crippen molar-refractivity contribution in [1.29, 1.82) is 0 Å². The summed E-state index contributed by atoms with van der Waals surface area (Å²) in [6.07, 6.45) is 0. The topological polar surface area (TPSA) is 89.8 Å². The third-order valence-corrected chi connectivity index (χ3v) is 2.94. The molecule has 0 aromatic heterocycles. The maximum absolute atomic E-state index is 10.9. The molecule has 1 atom stereocenters. The molecule has 1 rings (SSSR count). The van der Waals surface area contributed by atoms with Crippen LogP contribution in [0, 0.1) is 6.92 Å². The van der Waals surface area contributed by atoms with E-state index >= 15 is 0 Å². The van der Waals surface area contributed by atoms with Gasteiger partial charge in [-0.15, -0.1) is 0 Å². The number of aryl methyl sites for hydroxylation is 1. The van der Waals surface area contributed by atoms with Crippen molar-refractivity contribution in [2.45, 2.75) is 12.7 Å². The van der Waals surface area contributed by atoms with Crippen LogP contribution in [0.3, 0.4) is 0 Å². The molecule has 0 aliphatic heterocycles.